The Hall–Kier alpha value is -1.82. The van der Waals surface area contributed by atoms with Crippen LogP contribution in [-0.2, 0) is 0 Å². The first-order valence-corrected chi connectivity index (χ1v) is 7.04. The van der Waals surface area contributed by atoms with Gasteiger partial charge in [0.1, 0.15) is 0 Å². The van der Waals surface area contributed by atoms with Gasteiger partial charge in [-0.3, -0.25) is 4.79 Å². The van der Waals surface area contributed by atoms with Gasteiger partial charge in [-0.2, -0.15) is 5.26 Å². The van der Waals surface area contributed by atoms with E-state index in [-0.39, 0.29) is 5.91 Å². The fourth-order valence-electron chi connectivity index (χ4n) is 2.74. The molecule has 3 nitrogen and oxygen atoms in total. The predicted octanol–water partition coefficient (Wildman–Crippen LogP) is 3.21. The molecule has 0 bridgehead atoms. The second-order valence-electron chi connectivity index (χ2n) is 5.22. The molecule has 1 aromatic rings. The van der Waals surface area contributed by atoms with E-state index in [1.54, 1.807) is 24.3 Å². The van der Waals surface area contributed by atoms with Crippen molar-refractivity contribution in [3.8, 4) is 6.07 Å². The maximum Gasteiger partial charge on any atom is 0.253 e. The van der Waals surface area contributed by atoms with Crippen molar-refractivity contribution in [2.24, 2.45) is 5.92 Å². The third-order valence-corrected chi connectivity index (χ3v) is 3.84. The zero-order valence-electron chi connectivity index (χ0n) is 11.4. The minimum absolute atomic E-state index is 0.0621. The van der Waals surface area contributed by atoms with Crippen LogP contribution in [0.4, 0.5) is 0 Å². The fourth-order valence-corrected chi connectivity index (χ4v) is 2.74. The Morgan fingerprint density at radius 1 is 1.42 bits per heavy atom. The molecular weight excluding hydrogens is 236 g/mol. The van der Waals surface area contributed by atoms with E-state index in [0.717, 1.165) is 31.8 Å². The standard InChI is InChI=1S/C16H20N2O/c1-2-4-13-7-9-18(10-8-13)16(19)15-6-3-5-14(11-15)12-17/h3,5-6,11,13H,2,4,7-10H2,1H3. The molecule has 1 heterocycles. The molecule has 1 amide bonds. The SMILES string of the molecule is CCCC1CCN(C(=O)c2cccc(C#N)c2)CC1. The molecule has 0 atom stereocenters. The minimum atomic E-state index is 0.0621. The molecule has 0 N–H and O–H groups in total. The zero-order chi connectivity index (χ0) is 13.7. The van der Waals surface area contributed by atoms with Crippen LogP contribution in [0.1, 0.15) is 48.5 Å². The second kappa shape index (κ2) is 6.38. The Balaban J connectivity index is 1.99. The van der Waals surface area contributed by atoms with Gasteiger partial charge in [-0.25, -0.2) is 0 Å². The number of likely N-dealkylation sites (tertiary alicyclic amines) is 1. The van der Waals surface area contributed by atoms with E-state index in [0.29, 0.717) is 11.1 Å². The van der Waals surface area contributed by atoms with Gasteiger partial charge in [-0.15, -0.1) is 0 Å². The highest BCUT2D eigenvalue weighted by atomic mass is 16.2. The first-order chi connectivity index (χ1) is 9.24. The van der Waals surface area contributed by atoms with Crippen molar-refractivity contribution in [3.63, 3.8) is 0 Å². The van der Waals surface area contributed by atoms with Crippen molar-refractivity contribution in [3.05, 3.63) is 35.4 Å². The number of nitrogens with zero attached hydrogens (tertiary/aromatic N) is 2. The molecule has 100 valence electrons. The van der Waals surface area contributed by atoms with Gasteiger partial charge in [0.2, 0.25) is 0 Å². The lowest BCUT2D eigenvalue weighted by atomic mass is 9.92. The quantitative estimate of drug-likeness (QED) is 0.833. The van der Waals surface area contributed by atoms with E-state index in [9.17, 15) is 4.79 Å². The van der Waals surface area contributed by atoms with Crippen LogP contribution >= 0.6 is 0 Å². The summed E-state index contributed by atoms with van der Waals surface area (Å²) < 4.78 is 0. The highest BCUT2D eigenvalue weighted by Gasteiger charge is 2.23. The molecule has 0 unspecified atom stereocenters. The maximum atomic E-state index is 12.3. The van der Waals surface area contributed by atoms with Crippen LogP contribution in [0, 0.1) is 17.2 Å². The first kappa shape index (κ1) is 13.6. The molecule has 0 aliphatic carbocycles. The van der Waals surface area contributed by atoms with Crippen LogP contribution in [-0.4, -0.2) is 23.9 Å². The number of benzene rings is 1. The Morgan fingerprint density at radius 3 is 2.79 bits per heavy atom. The molecule has 0 aromatic heterocycles. The summed E-state index contributed by atoms with van der Waals surface area (Å²) in [7, 11) is 0. The molecule has 0 spiro atoms. The van der Waals surface area contributed by atoms with Crippen LogP contribution in [0.2, 0.25) is 0 Å². The van der Waals surface area contributed by atoms with Gasteiger partial charge in [0.25, 0.3) is 5.91 Å². The van der Waals surface area contributed by atoms with E-state index in [2.05, 4.69) is 13.0 Å². The van der Waals surface area contributed by atoms with Crippen LogP contribution in [0.5, 0.6) is 0 Å². The molecule has 1 aliphatic heterocycles. The Morgan fingerprint density at radius 2 is 2.16 bits per heavy atom. The van der Waals surface area contributed by atoms with Gasteiger partial charge in [0.05, 0.1) is 11.6 Å². The topological polar surface area (TPSA) is 44.1 Å². The smallest absolute Gasteiger partial charge is 0.253 e. The van der Waals surface area contributed by atoms with Gasteiger partial charge in [-0.1, -0.05) is 25.8 Å². The first-order valence-electron chi connectivity index (χ1n) is 7.04. The fraction of sp³-hybridized carbons (Fsp3) is 0.500. The van der Waals surface area contributed by atoms with Crippen molar-refractivity contribution >= 4 is 5.91 Å². The molecule has 1 aromatic carbocycles. The number of hydrogen-bond donors (Lipinski definition) is 0. The predicted molar refractivity (Wildman–Crippen MR) is 74.7 cm³/mol. The summed E-state index contributed by atoms with van der Waals surface area (Å²) in [6.45, 7) is 3.91. The van der Waals surface area contributed by atoms with Gasteiger partial charge >= 0.3 is 0 Å². The molecule has 2 rings (SSSR count). The third-order valence-electron chi connectivity index (χ3n) is 3.84. The number of carbonyl (C=O) groups is 1. The van der Waals surface area contributed by atoms with Crippen LogP contribution in [0.15, 0.2) is 24.3 Å². The second-order valence-corrected chi connectivity index (χ2v) is 5.22. The highest BCUT2D eigenvalue weighted by molar-refractivity contribution is 5.94. The molecular formula is C16H20N2O. The molecule has 1 aliphatic rings. The molecule has 1 saturated heterocycles. The highest BCUT2D eigenvalue weighted by Crippen LogP contribution is 2.23. The monoisotopic (exact) mass is 256 g/mol. The molecule has 19 heavy (non-hydrogen) atoms. The van der Waals surface area contributed by atoms with Crippen LogP contribution < -0.4 is 0 Å². The lowest BCUT2D eigenvalue weighted by Crippen LogP contribution is -2.38. The number of hydrogen-bond acceptors (Lipinski definition) is 2. The minimum Gasteiger partial charge on any atom is -0.339 e. The number of piperidine rings is 1. The summed E-state index contributed by atoms with van der Waals surface area (Å²) in [4.78, 5) is 14.3. The molecule has 0 radical (unpaired) electrons. The van der Waals surface area contributed by atoms with E-state index in [1.165, 1.54) is 12.8 Å². The average molecular weight is 256 g/mol. The van der Waals surface area contributed by atoms with Gasteiger partial charge < -0.3 is 4.90 Å². The Bertz CT molecular complexity index is 482. The summed E-state index contributed by atoms with van der Waals surface area (Å²) >= 11 is 0. The summed E-state index contributed by atoms with van der Waals surface area (Å²) in [6, 6.07) is 9.05. The largest absolute Gasteiger partial charge is 0.339 e. The van der Waals surface area contributed by atoms with Crippen molar-refractivity contribution in [2.75, 3.05) is 13.1 Å². The normalized spacial score (nSPS) is 16.1. The Labute approximate surface area is 114 Å². The van der Waals surface area contributed by atoms with Gasteiger partial charge in [-0.05, 0) is 37.0 Å². The molecule has 1 fully saturated rings. The zero-order valence-corrected chi connectivity index (χ0v) is 11.4. The Kier molecular flexibility index (Phi) is 4.57. The summed E-state index contributed by atoms with van der Waals surface area (Å²) in [6.07, 6.45) is 4.71. The molecule has 3 heteroatoms. The maximum absolute atomic E-state index is 12.3. The van der Waals surface area contributed by atoms with Crippen molar-refractivity contribution in [1.82, 2.24) is 4.90 Å². The van der Waals surface area contributed by atoms with Crippen LogP contribution in [0.25, 0.3) is 0 Å². The van der Waals surface area contributed by atoms with E-state index in [4.69, 9.17) is 5.26 Å². The van der Waals surface area contributed by atoms with Crippen molar-refractivity contribution in [2.45, 2.75) is 32.6 Å². The van der Waals surface area contributed by atoms with E-state index < -0.39 is 0 Å². The number of amides is 1. The summed E-state index contributed by atoms with van der Waals surface area (Å²) in [5.41, 5.74) is 1.18. The van der Waals surface area contributed by atoms with E-state index in [1.807, 2.05) is 4.90 Å². The van der Waals surface area contributed by atoms with E-state index >= 15 is 0 Å². The number of rotatable bonds is 3. The summed E-state index contributed by atoms with van der Waals surface area (Å²) in [5.74, 6) is 0.839. The van der Waals surface area contributed by atoms with Crippen molar-refractivity contribution in [1.29, 1.82) is 5.26 Å². The number of carbonyl (C=O) groups excluding carboxylic acids is 1. The third kappa shape index (κ3) is 3.35. The lowest BCUT2D eigenvalue weighted by molar-refractivity contribution is 0.0686. The van der Waals surface area contributed by atoms with Crippen LogP contribution in [0.3, 0.4) is 0 Å². The molecule has 0 saturated carbocycles. The van der Waals surface area contributed by atoms with Crippen molar-refractivity contribution < 1.29 is 4.79 Å². The average Bonchev–Trinajstić information content (AvgIpc) is 2.48. The lowest BCUT2D eigenvalue weighted by Gasteiger charge is -2.32. The summed E-state index contributed by atoms with van der Waals surface area (Å²) in [5, 5.41) is 8.87. The van der Waals surface area contributed by atoms with Gasteiger partial charge in [0.15, 0.2) is 0 Å². The number of nitriles is 1. The van der Waals surface area contributed by atoms with Gasteiger partial charge in [0, 0.05) is 18.7 Å².